The van der Waals surface area contributed by atoms with Crippen LogP contribution in [0.25, 0.3) is 0 Å². The number of carbonyl (C=O) groups is 1. The van der Waals surface area contributed by atoms with Gasteiger partial charge in [0.05, 0.1) is 0 Å². The van der Waals surface area contributed by atoms with Crippen LogP contribution in [0.3, 0.4) is 0 Å². The van der Waals surface area contributed by atoms with Gasteiger partial charge in [-0.1, -0.05) is 0 Å². The molecule has 0 unspecified atom stereocenters. The summed E-state index contributed by atoms with van der Waals surface area (Å²) in [5.41, 5.74) is 2.26. The molecule has 13 heavy (non-hydrogen) atoms. The van der Waals surface area contributed by atoms with Gasteiger partial charge in [-0.3, -0.25) is 4.79 Å². The van der Waals surface area contributed by atoms with E-state index in [1.54, 1.807) is 19.0 Å². The van der Waals surface area contributed by atoms with Crippen molar-refractivity contribution in [2.45, 2.75) is 20.4 Å². The van der Waals surface area contributed by atoms with Gasteiger partial charge in [0.2, 0.25) is 5.91 Å². The predicted molar refractivity (Wildman–Crippen MR) is 52.6 cm³/mol. The lowest BCUT2D eigenvalue weighted by Crippen LogP contribution is -2.26. The van der Waals surface area contributed by atoms with E-state index in [1.807, 2.05) is 30.5 Å². The summed E-state index contributed by atoms with van der Waals surface area (Å²) in [5.74, 6) is 0.127. The van der Waals surface area contributed by atoms with Gasteiger partial charge in [0, 0.05) is 25.5 Å². The van der Waals surface area contributed by atoms with Gasteiger partial charge in [-0.25, -0.2) is 0 Å². The maximum Gasteiger partial charge on any atom is 0.241 e. The summed E-state index contributed by atoms with van der Waals surface area (Å²) in [6.45, 7) is 4.46. The van der Waals surface area contributed by atoms with Crippen LogP contribution in [-0.4, -0.2) is 29.5 Å². The lowest BCUT2D eigenvalue weighted by Gasteiger charge is -2.13. The van der Waals surface area contributed by atoms with Gasteiger partial charge in [-0.2, -0.15) is 0 Å². The molecule has 0 saturated carbocycles. The molecule has 0 atom stereocenters. The fraction of sp³-hybridized carbons (Fsp3) is 0.500. The molecule has 0 saturated heterocycles. The molecule has 1 aromatic rings. The molecule has 0 spiro atoms. The molecule has 0 bridgehead atoms. The van der Waals surface area contributed by atoms with Gasteiger partial charge in [0.25, 0.3) is 0 Å². The van der Waals surface area contributed by atoms with Crippen molar-refractivity contribution in [1.82, 2.24) is 9.47 Å². The zero-order valence-corrected chi connectivity index (χ0v) is 8.66. The molecular weight excluding hydrogens is 164 g/mol. The molecule has 0 aliphatic carbocycles. The Morgan fingerprint density at radius 1 is 1.31 bits per heavy atom. The SMILES string of the molecule is Cc1ccc(C)n1CC(=O)N(C)C. The van der Waals surface area contributed by atoms with Gasteiger partial charge in [0.15, 0.2) is 0 Å². The first-order chi connectivity index (χ1) is 6.02. The van der Waals surface area contributed by atoms with Crippen molar-refractivity contribution in [3.8, 4) is 0 Å². The van der Waals surface area contributed by atoms with E-state index in [0.29, 0.717) is 6.54 Å². The van der Waals surface area contributed by atoms with Crippen LogP contribution in [0.4, 0.5) is 0 Å². The number of hydrogen-bond acceptors (Lipinski definition) is 1. The average Bonchev–Trinajstić information content (AvgIpc) is 2.35. The number of hydrogen-bond donors (Lipinski definition) is 0. The molecule has 1 heterocycles. The maximum absolute atomic E-state index is 11.4. The highest BCUT2D eigenvalue weighted by Gasteiger charge is 2.07. The molecule has 0 N–H and O–H groups in total. The van der Waals surface area contributed by atoms with E-state index < -0.39 is 0 Å². The van der Waals surface area contributed by atoms with Crippen molar-refractivity contribution in [2.24, 2.45) is 0 Å². The third kappa shape index (κ3) is 2.11. The molecule has 3 nitrogen and oxygen atoms in total. The Morgan fingerprint density at radius 2 is 1.77 bits per heavy atom. The highest BCUT2D eigenvalue weighted by atomic mass is 16.2. The summed E-state index contributed by atoms with van der Waals surface area (Å²) in [5, 5.41) is 0. The topological polar surface area (TPSA) is 25.2 Å². The monoisotopic (exact) mass is 180 g/mol. The minimum absolute atomic E-state index is 0.127. The zero-order valence-electron chi connectivity index (χ0n) is 8.66. The molecule has 0 aliphatic heterocycles. The van der Waals surface area contributed by atoms with Crippen LogP contribution in [0.5, 0.6) is 0 Å². The van der Waals surface area contributed by atoms with E-state index in [4.69, 9.17) is 0 Å². The number of nitrogens with zero attached hydrogens (tertiary/aromatic N) is 2. The van der Waals surface area contributed by atoms with Crippen LogP contribution < -0.4 is 0 Å². The Balaban J connectivity index is 2.79. The molecule has 1 aromatic heterocycles. The molecule has 0 aromatic carbocycles. The van der Waals surface area contributed by atoms with E-state index in [2.05, 4.69) is 0 Å². The summed E-state index contributed by atoms with van der Waals surface area (Å²) in [4.78, 5) is 13.0. The standard InChI is InChI=1S/C10H16N2O/c1-8-5-6-9(2)12(8)7-10(13)11(3)4/h5-6H,7H2,1-4H3. The second kappa shape index (κ2) is 3.64. The predicted octanol–water partition coefficient (Wildman–Crippen LogP) is 1.19. The van der Waals surface area contributed by atoms with Gasteiger partial charge in [-0.05, 0) is 26.0 Å². The molecule has 0 radical (unpaired) electrons. The van der Waals surface area contributed by atoms with E-state index in [1.165, 1.54) is 0 Å². The van der Waals surface area contributed by atoms with Crippen molar-refractivity contribution in [1.29, 1.82) is 0 Å². The summed E-state index contributed by atoms with van der Waals surface area (Å²) in [7, 11) is 3.55. The molecule has 3 heteroatoms. The van der Waals surface area contributed by atoms with Gasteiger partial charge >= 0.3 is 0 Å². The highest BCUT2D eigenvalue weighted by molar-refractivity contribution is 5.75. The first-order valence-corrected chi connectivity index (χ1v) is 4.35. The molecule has 1 rings (SSSR count). The fourth-order valence-corrected chi connectivity index (χ4v) is 1.23. The van der Waals surface area contributed by atoms with Crippen molar-refractivity contribution < 1.29 is 4.79 Å². The number of amides is 1. The smallest absolute Gasteiger partial charge is 0.241 e. The van der Waals surface area contributed by atoms with Crippen molar-refractivity contribution >= 4 is 5.91 Å². The zero-order chi connectivity index (χ0) is 10.0. The van der Waals surface area contributed by atoms with E-state index in [9.17, 15) is 4.79 Å². The summed E-state index contributed by atoms with van der Waals surface area (Å²) < 4.78 is 2.02. The molecule has 1 amide bonds. The van der Waals surface area contributed by atoms with Crippen LogP contribution >= 0.6 is 0 Å². The summed E-state index contributed by atoms with van der Waals surface area (Å²) in [6.07, 6.45) is 0. The van der Waals surface area contributed by atoms with Crippen LogP contribution in [0.15, 0.2) is 12.1 Å². The number of aromatic nitrogens is 1. The molecule has 0 aliphatic rings. The Kier molecular flexibility index (Phi) is 2.76. The summed E-state index contributed by atoms with van der Waals surface area (Å²) >= 11 is 0. The fourth-order valence-electron chi connectivity index (χ4n) is 1.23. The van der Waals surface area contributed by atoms with Crippen molar-refractivity contribution in [3.63, 3.8) is 0 Å². The van der Waals surface area contributed by atoms with Crippen molar-refractivity contribution in [2.75, 3.05) is 14.1 Å². The highest BCUT2D eigenvalue weighted by Crippen LogP contribution is 2.06. The van der Waals surface area contributed by atoms with Crippen LogP contribution in [-0.2, 0) is 11.3 Å². The minimum atomic E-state index is 0.127. The van der Waals surface area contributed by atoms with Crippen LogP contribution in [0, 0.1) is 13.8 Å². The molecular formula is C10H16N2O. The van der Waals surface area contributed by atoms with E-state index in [-0.39, 0.29) is 5.91 Å². The Bertz CT molecular complexity index is 293. The van der Waals surface area contributed by atoms with E-state index >= 15 is 0 Å². The third-order valence-electron chi connectivity index (χ3n) is 2.21. The van der Waals surface area contributed by atoms with Crippen LogP contribution in [0.2, 0.25) is 0 Å². The Morgan fingerprint density at radius 3 is 2.15 bits per heavy atom. The second-order valence-corrected chi connectivity index (χ2v) is 3.49. The van der Waals surface area contributed by atoms with E-state index in [0.717, 1.165) is 11.4 Å². The Labute approximate surface area is 79.0 Å². The first-order valence-electron chi connectivity index (χ1n) is 4.35. The van der Waals surface area contributed by atoms with Crippen molar-refractivity contribution in [3.05, 3.63) is 23.5 Å². The maximum atomic E-state index is 11.4. The number of carbonyl (C=O) groups excluding carboxylic acids is 1. The average molecular weight is 180 g/mol. The first kappa shape index (κ1) is 9.84. The van der Waals surface area contributed by atoms with Gasteiger partial charge in [0.1, 0.15) is 6.54 Å². The quantitative estimate of drug-likeness (QED) is 0.671. The number of aryl methyl sites for hydroxylation is 2. The number of likely N-dealkylation sites (N-methyl/N-ethyl adjacent to an activating group) is 1. The normalized spacial score (nSPS) is 10.2. The lowest BCUT2D eigenvalue weighted by molar-refractivity contribution is -0.129. The summed E-state index contributed by atoms with van der Waals surface area (Å²) in [6, 6.07) is 4.05. The third-order valence-corrected chi connectivity index (χ3v) is 2.21. The largest absolute Gasteiger partial charge is 0.347 e. The second-order valence-electron chi connectivity index (χ2n) is 3.49. The minimum Gasteiger partial charge on any atom is -0.347 e. The number of rotatable bonds is 2. The van der Waals surface area contributed by atoms with Gasteiger partial charge < -0.3 is 9.47 Å². The molecule has 72 valence electrons. The van der Waals surface area contributed by atoms with Gasteiger partial charge in [-0.15, -0.1) is 0 Å². The Hall–Kier alpha value is -1.25. The molecule has 0 fully saturated rings. The van der Waals surface area contributed by atoms with Crippen LogP contribution in [0.1, 0.15) is 11.4 Å². The lowest BCUT2D eigenvalue weighted by atomic mass is 10.4.